The average molecular weight is 140 g/mol. The first-order chi connectivity index (χ1) is 4.91. The zero-order valence-corrected chi connectivity index (χ0v) is 6.80. The van der Waals surface area contributed by atoms with Gasteiger partial charge in [0.2, 0.25) is 0 Å². The van der Waals surface area contributed by atoms with Gasteiger partial charge in [0.25, 0.3) is 0 Å². The van der Waals surface area contributed by atoms with Crippen molar-refractivity contribution in [1.29, 1.82) is 0 Å². The zero-order valence-electron chi connectivity index (χ0n) is 6.80. The summed E-state index contributed by atoms with van der Waals surface area (Å²) in [4.78, 5) is 4.11. The summed E-state index contributed by atoms with van der Waals surface area (Å²) < 4.78 is 0. The average Bonchev–Trinajstić information content (AvgIpc) is 1.97. The Morgan fingerprint density at radius 1 is 1.50 bits per heavy atom. The minimum absolute atomic E-state index is 0.932. The molecule has 0 amide bonds. The molecule has 0 aliphatic rings. The lowest BCUT2D eigenvalue weighted by atomic mass is 10.3. The van der Waals surface area contributed by atoms with Gasteiger partial charge in [0, 0.05) is 6.54 Å². The first-order valence-electron chi connectivity index (χ1n) is 3.77. The molecule has 0 atom stereocenters. The van der Waals surface area contributed by atoms with Crippen LogP contribution in [0.5, 0.6) is 0 Å². The number of hydrogen-bond donors (Lipinski definition) is 1. The van der Waals surface area contributed by atoms with Crippen molar-refractivity contribution in [3.8, 4) is 0 Å². The number of allylic oxidation sites excluding steroid dienone is 1. The van der Waals surface area contributed by atoms with Crippen LogP contribution < -0.4 is 5.32 Å². The third-order valence-corrected chi connectivity index (χ3v) is 1.07. The smallest absolute Gasteiger partial charge is 0.0863 e. The minimum Gasteiger partial charge on any atom is -0.353 e. The Balaban J connectivity index is 3.04. The lowest BCUT2D eigenvalue weighted by Crippen LogP contribution is -2.00. The van der Waals surface area contributed by atoms with Crippen molar-refractivity contribution in [3.05, 3.63) is 12.3 Å². The molecule has 0 rings (SSSR count). The molecule has 0 radical (unpaired) electrons. The molecule has 0 saturated carbocycles. The van der Waals surface area contributed by atoms with Crippen LogP contribution in [0.1, 0.15) is 26.7 Å². The normalized spacial score (nSPS) is 11.4. The van der Waals surface area contributed by atoms with Gasteiger partial charge < -0.3 is 5.32 Å². The van der Waals surface area contributed by atoms with Gasteiger partial charge in [0.05, 0.1) is 6.34 Å². The van der Waals surface area contributed by atoms with E-state index in [1.807, 2.05) is 19.2 Å². The molecule has 0 aromatic rings. The van der Waals surface area contributed by atoms with E-state index in [1.54, 1.807) is 6.34 Å². The first kappa shape index (κ1) is 9.21. The molecule has 0 unspecified atom stereocenters. The standard InChI is InChI=1S/C8H16N2/c1-3-5-7-10-8-9-6-4-2/h4,6,8H,3,5,7H2,1-2H3,(H,9,10)/b6-4-. The second-order valence-corrected chi connectivity index (χ2v) is 2.06. The third kappa shape index (κ3) is 7.21. The van der Waals surface area contributed by atoms with E-state index in [9.17, 15) is 0 Å². The minimum atomic E-state index is 0.932. The number of rotatable bonds is 5. The Labute approximate surface area is 63.0 Å². The van der Waals surface area contributed by atoms with Crippen LogP contribution in [0.15, 0.2) is 17.3 Å². The van der Waals surface area contributed by atoms with Crippen molar-refractivity contribution in [2.24, 2.45) is 4.99 Å². The maximum Gasteiger partial charge on any atom is 0.0863 e. The van der Waals surface area contributed by atoms with E-state index in [-0.39, 0.29) is 0 Å². The lowest BCUT2D eigenvalue weighted by molar-refractivity contribution is 0.808. The van der Waals surface area contributed by atoms with Crippen LogP contribution in [-0.4, -0.2) is 12.9 Å². The molecule has 1 N–H and O–H groups in total. The van der Waals surface area contributed by atoms with Crippen LogP contribution in [-0.2, 0) is 0 Å². The summed E-state index contributed by atoms with van der Waals surface area (Å²) in [5.74, 6) is 0. The van der Waals surface area contributed by atoms with Crippen LogP contribution in [0.3, 0.4) is 0 Å². The summed E-state index contributed by atoms with van der Waals surface area (Å²) in [6, 6.07) is 0. The molecule has 2 nitrogen and oxygen atoms in total. The summed E-state index contributed by atoms with van der Waals surface area (Å²) >= 11 is 0. The highest BCUT2D eigenvalue weighted by Gasteiger charge is 1.75. The molecule has 2 heteroatoms. The van der Waals surface area contributed by atoms with Crippen molar-refractivity contribution in [1.82, 2.24) is 5.32 Å². The van der Waals surface area contributed by atoms with Crippen LogP contribution in [0.4, 0.5) is 0 Å². The topological polar surface area (TPSA) is 24.4 Å². The van der Waals surface area contributed by atoms with Gasteiger partial charge in [0.1, 0.15) is 0 Å². The molecule has 0 aliphatic carbocycles. The van der Waals surface area contributed by atoms with Gasteiger partial charge in [-0.05, 0) is 19.5 Å². The van der Waals surface area contributed by atoms with E-state index >= 15 is 0 Å². The number of hydrogen-bond acceptors (Lipinski definition) is 1. The molecule has 0 aliphatic heterocycles. The van der Waals surface area contributed by atoms with Gasteiger partial charge in [-0.2, -0.15) is 0 Å². The number of nitrogens with zero attached hydrogens (tertiary/aromatic N) is 1. The van der Waals surface area contributed by atoms with E-state index in [2.05, 4.69) is 17.2 Å². The second-order valence-electron chi connectivity index (χ2n) is 2.06. The van der Waals surface area contributed by atoms with Gasteiger partial charge >= 0.3 is 0 Å². The van der Waals surface area contributed by atoms with E-state index in [1.165, 1.54) is 12.8 Å². The largest absolute Gasteiger partial charge is 0.353 e. The first-order valence-corrected chi connectivity index (χ1v) is 3.77. The zero-order chi connectivity index (χ0) is 7.66. The lowest BCUT2D eigenvalue weighted by Gasteiger charge is -1.89. The predicted octanol–water partition coefficient (Wildman–Crippen LogP) is 1.94. The van der Waals surface area contributed by atoms with E-state index in [0.29, 0.717) is 0 Å². The maximum atomic E-state index is 4.11. The molecule has 0 fully saturated rings. The molecular formula is C8H16N2. The van der Waals surface area contributed by atoms with E-state index in [4.69, 9.17) is 0 Å². The molecule has 0 aromatic carbocycles. The molecule has 58 valence electrons. The van der Waals surface area contributed by atoms with Crippen LogP contribution in [0, 0.1) is 0 Å². The Morgan fingerprint density at radius 2 is 2.30 bits per heavy atom. The Hall–Kier alpha value is -0.790. The fraction of sp³-hybridized carbons (Fsp3) is 0.625. The van der Waals surface area contributed by atoms with E-state index < -0.39 is 0 Å². The SMILES string of the molecule is C/C=C\N/C=N/CCCC. The van der Waals surface area contributed by atoms with Crippen LogP contribution in [0.25, 0.3) is 0 Å². The van der Waals surface area contributed by atoms with Gasteiger partial charge in [-0.25, -0.2) is 0 Å². The Kier molecular flexibility index (Phi) is 7.56. The van der Waals surface area contributed by atoms with Crippen molar-refractivity contribution < 1.29 is 0 Å². The van der Waals surface area contributed by atoms with Crippen LogP contribution in [0.2, 0.25) is 0 Å². The van der Waals surface area contributed by atoms with Crippen molar-refractivity contribution in [3.63, 3.8) is 0 Å². The Bertz CT molecular complexity index is 106. The maximum absolute atomic E-state index is 4.11. The third-order valence-electron chi connectivity index (χ3n) is 1.07. The molecule has 10 heavy (non-hydrogen) atoms. The fourth-order valence-electron chi connectivity index (χ4n) is 0.506. The molecule has 0 saturated heterocycles. The number of aliphatic imine (C=N–C) groups is 1. The highest BCUT2D eigenvalue weighted by Crippen LogP contribution is 1.84. The highest BCUT2D eigenvalue weighted by molar-refractivity contribution is 5.55. The van der Waals surface area contributed by atoms with Gasteiger partial charge in [-0.15, -0.1) is 0 Å². The molecule has 0 heterocycles. The van der Waals surface area contributed by atoms with Gasteiger partial charge in [0.15, 0.2) is 0 Å². The van der Waals surface area contributed by atoms with E-state index in [0.717, 1.165) is 6.54 Å². The molecular weight excluding hydrogens is 124 g/mol. The molecule has 0 spiro atoms. The van der Waals surface area contributed by atoms with Crippen LogP contribution >= 0.6 is 0 Å². The quantitative estimate of drug-likeness (QED) is 0.352. The summed E-state index contributed by atoms with van der Waals surface area (Å²) in [5.41, 5.74) is 0. The summed E-state index contributed by atoms with van der Waals surface area (Å²) in [5, 5.41) is 2.92. The fourth-order valence-corrected chi connectivity index (χ4v) is 0.506. The van der Waals surface area contributed by atoms with Crippen molar-refractivity contribution in [2.45, 2.75) is 26.7 Å². The number of nitrogens with one attached hydrogen (secondary N) is 1. The molecule has 0 aromatic heterocycles. The van der Waals surface area contributed by atoms with Crippen molar-refractivity contribution >= 4 is 6.34 Å². The van der Waals surface area contributed by atoms with Crippen molar-refractivity contribution in [2.75, 3.05) is 6.54 Å². The van der Waals surface area contributed by atoms with Gasteiger partial charge in [-0.3, -0.25) is 4.99 Å². The number of unbranched alkanes of at least 4 members (excludes halogenated alkanes) is 1. The summed E-state index contributed by atoms with van der Waals surface area (Å²) in [6.07, 6.45) is 7.91. The Morgan fingerprint density at radius 3 is 2.90 bits per heavy atom. The predicted molar refractivity (Wildman–Crippen MR) is 46.2 cm³/mol. The van der Waals surface area contributed by atoms with Gasteiger partial charge in [-0.1, -0.05) is 19.4 Å². The molecule has 0 bridgehead atoms. The summed E-state index contributed by atoms with van der Waals surface area (Å²) in [7, 11) is 0. The monoisotopic (exact) mass is 140 g/mol. The highest BCUT2D eigenvalue weighted by atomic mass is 14.9. The second kappa shape index (κ2) is 8.21. The summed E-state index contributed by atoms with van der Waals surface area (Å²) in [6.45, 7) is 5.06.